The van der Waals surface area contributed by atoms with Gasteiger partial charge in [-0.2, -0.15) is 4.99 Å². The summed E-state index contributed by atoms with van der Waals surface area (Å²) in [5.74, 6) is 0.236. The molecule has 3 aromatic rings. The quantitative estimate of drug-likeness (QED) is 0.525. The number of nitrogens with zero attached hydrogens (tertiary/aromatic N) is 3. The van der Waals surface area contributed by atoms with Gasteiger partial charge in [-0.3, -0.25) is 0 Å². The second-order valence-corrected chi connectivity index (χ2v) is 6.28. The van der Waals surface area contributed by atoms with Gasteiger partial charge >= 0.3 is 0 Å². The van der Waals surface area contributed by atoms with E-state index in [2.05, 4.69) is 10.1 Å². The molecule has 0 saturated heterocycles. The number of rotatable bonds is 4. The number of nitrogens with two attached hydrogens (primary N) is 1. The van der Waals surface area contributed by atoms with Crippen LogP contribution in [0.3, 0.4) is 0 Å². The van der Waals surface area contributed by atoms with Gasteiger partial charge < -0.3 is 15.2 Å². The average Bonchev–Trinajstić information content (AvgIpc) is 3.10. The first-order valence-electron chi connectivity index (χ1n) is 8.28. The predicted octanol–water partition coefficient (Wildman–Crippen LogP) is 4.56. The topological polar surface area (TPSA) is 67.7 Å². The molecule has 0 saturated carbocycles. The number of halogens is 2. The minimum Gasteiger partial charge on any atom is -0.369 e. The summed E-state index contributed by atoms with van der Waals surface area (Å²) in [5, 5.41) is 4.04. The molecule has 1 unspecified atom stereocenters. The first-order valence-corrected chi connectivity index (χ1v) is 8.28. The molecule has 0 aliphatic heterocycles. The lowest BCUT2D eigenvalue weighted by atomic mass is 9.95. The highest BCUT2D eigenvalue weighted by Gasteiger charge is 2.16. The normalized spacial score (nSPS) is 12.4. The number of aromatic nitrogens is 1. The van der Waals surface area contributed by atoms with Crippen LogP contribution in [0.25, 0.3) is 11.1 Å². The molecular weight excluding hydrogens is 367 g/mol. The smallest absolute Gasteiger partial charge is 0.253 e. The summed E-state index contributed by atoms with van der Waals surface area (Å²) < 4.78 is 19.8. The van der Waals surface area contributed by atoms with Gasteiger partial charge in [-0.25, -0.2) is 4.39 Å². The molecular formula is C20H22ClFN4O. The van der Waals surface area contributed by atoms with Crippen LogP contribution in [0.5, 0.6) is 0 Å². The van der Waals surface area contributed by atoms with Crippen molar-refractivity contribution in [2.24, 2.45) is 10.7 Å². The number of benzene rings is 2. The van der Waals surface area contributed by atoms with Crippen LogP contribution in [0.1, 0.15) is 24.1 Å². The predicted molar refractivity (Wildman–Crippen MR) is 108 cm³/mol. The van der Waals surface area contributed by atoms with E-state index in [9.17, 15) is 4.39 Å². The van der Waals surface area contributed by atoms with Crippen molar-refractivity contribution in [2.45, 2.75) is 12.8 Å². The zero-order valence-corrected chi connectivity index (χ0v) is 16.2. The monoisotopic (exact) mass is 388 g/mol. The Kier molecular flexibility index (Phi) is 6.58. The third-order valence-corrected chi connectivity index (χ3v) is 4.22. The summed E-state index contributed by atoms with van der Waals surface area (Å²) in [6.07, 6.45) is 0. The molecule has 0 amide bonds. The lowest BCUT2D eigenvalue weighted by Crippen LogP contribution is -2.29. The Morgan fingerprint density at radius 1 is 1.15 bits per heavy atom. The van der Waals surface area contributed by atoms with Crippen molar-refractivity contribution < 1.29 is 8.91 Å². The van der Waals surface area contributed by atoms with E-state index in [4.69, 9.17) is 10.3 Å². The molecule has 0 aliphatic carbocycles. The van der Waals surface area contributed by atoms with Crippen molar-refractivity contribution in [2.75, 3.05) is 14.1 Å². The summed E-state index contributed by atoms with van der Waals surface area (Å²) in [7, 11) is 3.58. The lowest BCUT2D eigenvalue weighted by molar-refractivity contribution is 0.418. The molecule has 1 atom stereocenters. The van der Waals surface area contributed by atoms with Crippen LogP contribution in [-0.4, -0.2) is 30.1 Å². The number of hydrogen-bond acceptors (Lipinski definition) is 3. The van der Waals surface area contributed by atoms with E-state index in [1.54, 1.807) is 37.2 Å². The van der Waals surface area contributed by atoms with Crippen LogP contribution in [-0.2, 0) is 0 Å². The number of guanidine groups is 1. The maximum absolute atomic E-state index is 14.6. The SMILES string of the molecule is CC(c1ccc(-c2ccccc2)c(F)c1)c1cc(/N=C(\N)N(C)C)on1.Cl. The van der Waals surface area contributed by atoms with Crippen molar-refractivity contribution in [1.29, 1.82) is 0 Å². The molecule has 0 fully saturated rings. The van der Waals surface area contributed by atoms with Gasteiger partial charge in [0, 0.05) is 31.6 Å². The molecule has 1 aromatic heterocycles. The van der Waals surface area contributed by atoms with Crippen LogP contribution < -0.4 is 5.73 Å². The molecule has 1 heterocycles. The Labute approximate surface area is 164 Å². The Balaban J connectivity index is 0.00000261. The van der Waals surface area contributed by atoms with Crippen LogP contribution >= 0.6 is 12.4 Å². The molecule has 3 rings (SSSR count). The molecule has 0 bridgehead atoms. The summed E-state index contributed by atoms with van der Waals surface area (Å²) in [4.78, 5) is 5.81. The highest BCUT2D eigenvalue weighted by molar-refractivity contribution is 5.85. The fourth-order valence-corrected chi connectivity index (χ4v) is 2.57. The zero-order valence-electron chi connectivity index (χ0n) is 15.4. The standard InChI is InChI=1S/C20H21FN4O.ClH/c1-13(18-12-19(26-24-18)23-20(22)25(2)3)15-9-10-16(17(21)11-15)14-7-5-4-6-8-14;/h4-13H,1-3H3,(H2,22,23);1H. The second-order valence-electron chi connectivity index (χ2n) is 6.28. The Bertz CT molecular complexity index is 925. The Hall–Kier alpha value is -2.86. The van der Waals surface area contributed by atoms with Gasteiger partial charge in [-0.15, -0.1) is 12.4 Å². The molecule has 0 aliphatic rings. The van der Waals surface area contributed by atoms with Gasteiger partial charge in [0.15, 0.2) is 5.96 Å². The van der Waals surface area contributed by atoms with Gasteiger partial charge in [0.2, 0.25) is 0 Å². The van der Waals surface area contributed by atoms with Gasteiger partial charge in [-0.1, -0.05) is 54.5 Å². The third-order valence-electron chi connectivity index (χ3n) is 4.22. The molecule has 2 N–H and O–H groups in total. The minimum atomic E-state index is -0.265. The van der Waals surface area contributed by atoms with E-state index in [0.29, 0.717) is 23.1 Å². The number of aliphatic imine (C=N–C) groups is 1. The van der Waals surface area contributed by atoms with Gasteiger partial charge in [-0.05, 0) is 17.2 Å². The van der Waals surface area contributed by atoms with E-state index in [-0.39, 0.29) is 24.1 Å². The number of hydrogen-bond donors (Lipinski definition) is 1. The van der Waals surface area contributed by atoms with E-state index in [1.807, 2.05) is 43.3 Å². The van der Waals surface area contributed by atoms with Gasteiger partial charge in [0.05, 0.1) is 5.69 Å². The third kappa shape index (κ3) is 4.65. The van der Waals surface area contributed by atoms with E-state index < -0.39 is 0 Å². The fraction of sp³-hybridized carbons (Fsp3) is 0.200. The van der Waals surface area contributed by atoms with E-state index in [0.717, 1.165) is 11.1 Å². The fourth-order valence-electron chi connectivity index (χ4n) is 2.57. The largest absolute Gasteiger partial charge is 0.369 e. The van der Waals surface area contributed by atoms with Crippen LogP contribution in [0.4, 0.5) is 10.3 Å². The average molecular weight is 389 g/mol. The van der Waals surface area contributed by atoms with Crippen molar-refractivity contribution in [1.82, 2.24) is 10.1 Å². The maximum Gasteiger partial charge on any atom is 0.253 e. The van der Waals surface area contributed by atoms with Crippen molar-refractivity contribution in [3.8, 4) is 11.1 Å². The molecule has 27 heavy (non-hydrogen) atoms. The molecule has 7 heteroatoms. The summed E-state index contributed by atoms with van der Waals surface area (Å²) in [6.45, 7) is 1.94. The highest BCUT2D eigenvalue weighted by atomic mass is 35.5. The molecule has 2 aromatic carbocycles. The summed E-state index contributed by atoms with van der Waals surface area (Å²) in [6, 6.07) is 16.4. The maximum atomic E-state index is 14.6. The summed E-state index contributed by atoms with van der Waals surface area (Å²) >= 11 is 0. The van der Waals surface area contributed by atoms with E-state index in [1.165, 1.54) is 0 Å². The minimum absolute atomic E-state index is 0. The first-order chi connectivity index (χ1) is 12.5. The Morgan fingerprint density at radius 3 is 2.48 bits per heavy atom. The lowest BCUT2D eigenvalue weighted by Gasteiger charge is -2.11. The summed E-state index contributed by atoms with van der Waals surface area (Å²) in [5.41, 5.74) is 8.68. The van der Waals surface area contributed by atoms with E-state index >= 15 is 0 Å². The molecule has 0 radical (unpaired) electrons. The van der Waals surface area contributed by atoms with Crippen LogP contribution in [0.15, 0.2) is 64.1 Å². The molecule has 5 nitrogen and oxygen atoms in total. The zero-order chi connectivity index (χ0) is 18.7. The van der Waals surface area contributed by atoms with Crippen molar-refractivity contribution in [3.05, 3.63) is 71.7 Å². The molecule has 142 valence electrons. The van der Waals surface area contributed by atoms with Crippen molar-refractivity contribution >= 4 is 24.3 Å². The van der Waals surface area contributed by atoms with Gasteiger partial charge in [0.1, 0.15) is 5.82 Å². The van der Waals surface area contributed by atoms with Crippen LogP contribution in [0, 0.1) is 5.82 Å². The van der Waals surface area contributed by atoms with Gasteiger partial charge in [0.25, 0.3) is 5.88 Å². The second kappa shape index (κ2) is 8.68. The molecule has 0 spiro atoms. The Morgan fingerprint density at radius 2 is 1.85 bits per heavy atom. The van der Waals surface area contributed by atoms with Crippen LogP contribution in [0.2, 0.25) is 0 Å². The van der Waals surface area contributed by atoms with Crippen molar-refractivity contribution in [3.63, 3.8) is 0 Å². The highest BCUT2D eigenvalue weighted by Crippen LogP contribution is 2.30. The first kappa shape index (κ1) is 20.5.